The van der Waals surface area contributed by atoms with Gasteiger partial charge in [-0.2, -0.15) is 0 Å². The Hall–Kier alpha value is -1.66. The van der Waals surface area contributed by atoms with E-state index < -0.39 is 4.92 Å². The molecule has 0 aromatic heterocycles. The van der Waals surface area contributed by atoms with Gasteiger partial charge in [0.2, 0.25) is 0 Å². The molecule has 0 saturated carbocycles. The van der Waals surface area contributed by atoms with Crippen LogP contribution >= 0.6 is 0 Å². The molecule has 0 aliphatic carbocycles. The first-order chi connectivity index (χ1) is 9.35. The van der Waals surface area contributed by atoms with Crippen molar-refractivity contribution < 1.29 is 4.92 Å². The molecule has 1 atom stereocenters. The number of benzene rings is 1. The number of hydrogen-bond donors (Lipinski definition) is 1. The minimum atomic E-state index is -0.453. The second kappa shape index (κ2) is 7.21. The van der Waals surface area contributed by atoms with Gasteiger partial charge in [0.05, 0.1) is 4.92 Å². The normalized spacial score (nSPS) is 12.9. The van der Waals surface area contributed by atoms with E-state index in [2.05, 4.69) is 23.6 Å². The molecular formula is C14H24N4O2. The number of nitrogen functional groups attached to an aromatic ring is 1. The minimum Gasteiger partial charge on any atom is -0.393 e. The zero-order valence-electron chi connectivity index (χ0n) is 12.7. The molecule has 1 aromatic carbocycles. The highest BCUT2D eigenvalue weighted by Crippen LogP contribution is 2.23. The Morgan fingerprint density at radius 2 is 2.05 bits per heavy atom. The maximum absolute atomic E-state index is 10.8. The van der Waals surface area contributed by atoms with E-state index in [4.69, 9.17) is 5.73 Å². The molecule has 112 valence electrons. The van der Waals surface area contributed by atoms with Crippen LogP contribution in [0.4, 0.5) is 11.4 Å². The zero-order valence-corrected chi connectivity index (χ0v) is 12.7. The maximum Gasteiger partial charge on any atom is 0.292 e. The average molecular weight is 280 g/mol. The second-order valence-electron chi connectivity index (χ2n) is 5.32. The van der Waals surface area contributed by atoms with Crippen molar-refractivity contribution in [3.63, 3.8) is 0 Å². The molecule has 0 saturated heterocycles. The average Bonchev–Trinajstić information content (AvgIpc) is 2.34. The summed E-state index contributed by atoms with van der Waals surface area (Å²) in [6.45, 7) is 6.93. The van der Waals surface area contributed by atoms with Crippen LogP contribution < -0.4 is 5.73 Å². The lowest BCUT2D eigenvalue weighted by Gasteiger charge is -2.30. The van der Waals surface area contributed by atoms with Gasteiger partial charge in [0, 0.05) is 25.2 Å². The van der Waals surface area contributed by atoms with Gasteiger partial charge in [0.1, 0.15) is 5.69 Å². The highest BCUT2D eigenvalue weighted by Gasteiger charge is 2.16. The van der Waals surface area contributed by atoms with Crippen molar-refractivity contribution >= 4 is 11.4 Å². The highest BCUT2D eigenvalue weighted by molar-refractivity contribution is 5.59. The van der Waals surface area contributed by atoms with E-state index in [0.29, 0.717) is 6.04 Å². The predicted molar refractivity (Wildman–Crippen MR) is 81.6 cm³/mol. The first-order valence-corrected chi connectivity index (χ1v) is 6.76. The summed E-state index contributed by atoms with van der Waals surface area (Å²) >= 11 is 0. The number of nitrogens with zero attached hydrogens (tertiary/aromatic N) is 3. The van der Waals surface area contributed by atoms with Crippen molar-refractivity contribution in [1.82, 2.24) is 9.80 Å². The van der Waals surface area contributed by atoms with E-state index in [-0.39, 0.29) is 11.4 Å². The maximum atomic E-state index is 10.8. The summed E-state index contributed by atoms with van der Waals surface area (Å²) in [5.41, 5.74) is 6.92. The molecule has 0 aliphatic rings. The summed E-state index contributed by atoms with van der Waals surface area (Å²) < 4.78 is 0. The lowest BCUT2D eigenvalue weighted by Crippen LogP contribution is -2.39. The molecular weight excluding hydrogens is 256 g/mol. The molecule has 0 spiro atoms. The molecule has 0 radical (unpaired) electrons. The van der Waals surface area contributed by atoms with Gasteiger partial charge < -0.3 is 10.6 Å². The summed E-state index contributed by atoms with van der Waals surface area (Å²) in [5.74, 6) is 0. The Bertz CT molecular complexity index is 462. The monoisotopic (exact) mass is 280 g/mol. The van der Waals surface area contributed by atoms with Crippen LogP contribution in [0.25, 0.3) is 0 Å². The second-order valence-corrected chi connectivity index (χ2v) is 5.32. The molecule has 0 amide bonds. The summed E-state index contributed by atoms with van der Waals surface area (Å²) in [7, 11) is 4.10. The van der Waals surface area contributed by atoms with Crippen molar-refractivity contribution in [2.45, 2.75) is 26.4 Å². The molecule has 0 fully saturated rings. The fraction of sp³-hybridized carbons (Fsp3) is 0.571. The van der Waals surface area contributed by atoms with Gasteiger partial charge in [-0.1, -0.05) is 13.0 Å². The number of nitro groups is 1. The zero-order chi connectivity index (χ0) is 15.3. The third kappa shape index (κ3) is 4.47. The van der Waals surface area contributed by atoms with E-state index in [0.717, 1.165) is 25.2 Å². The van der Waals surface area contributed by atoms with Crippen LogP contribution in [0.3, 0.4) is 0 Å². The molecule has 20 heavy (non-hydrogen) atoms. The minimum absolute atomic E-state index is 0.0295. The fourth-order valence-electron chi connectivity index (χ4n) is 2.33. The molecule has 0 heterocycles. The predicted octanol–water partition coefficient (Wildman–Crippen LogP) is 1.95. The van der Waals surface area contributed by atoms with Crippen LogP contribution in [0, 0.1) is 10.1 Å². The van der Waals surface area contributed by atoms with Gasteiger partial charge in [0.15, 0.2) is 0 Å². The Morgan fingerprint density at radius 3 is 2.50 bits per heavy atom. The van der Waals surface area contributed by atoms with Crippen molar-refractivity contribution in [3.05, 3.63) is 33.9 Å². The third-order valence-corrected chi connectivity index (χ3v) is 3.33. The Morgan fingerprint density at radius 1 is 1.40 bits per heavy atom. The van der Waals surface area contributed by atoms with Gasteiger partial charge in [0.25, 0.3) is 5.69 Å². The SMILES string of the molecule is CCN(Cc1ccc([N+](=O)[O-])c(N)c1)C(C)CN(C)C. The topological polar surface area (TPSA) is 75.6 Å². The molecule has 1 rings (SSSR count). The fourth-order valence-corrected chi connectivity index (χ4v) is 2.33. The van der Waals surface area contributed by atoms with Crippen molar-refractivity contribution in [1.29, 1.82) is 0 Å². The lowest BCUT2D eigenvalue weighted by molar-refractivity contribution is -0.383. The molecule has 2 N–H and O–H groups in total. The molecule has 0 bridgehead atoms. The Balaban J connectivity index is 2.80. The highest BCUT2D eigenvalue weighted by atomic mass is 16.6. The Labute approximate surface area is 120 Å². The van der Waals surface area contributed by atoms with Crippen molar-refractivity contribution in [2.75, 3.05) is 32.9 Å². The molecule has 1 unspecified atom stereocenters. The lowest BCUT2D eigenvalue weighted by atomic mass is 10.1. The Kier molecular flexibility index (Phi) is 5.91. The quantitative estimate of drug-likeness (QED) is 0.469. The van der Waals surface area contributed by atoms with Crippen LogP contribution in [0.15, 0.2) is 18.2 Å². The van der Waals surface area contributed by atoms with E-state index in [1.54, 1.807) is 12.1 Å². The van der Waals surface area contributed by atoms with E-state index in [1.165, 1.54) is 6.07 Å². The summed E-state index contributed by atoms with van der Waals surface area (Å²) in [5, 5.41) is 10.8. The molecule has 0 aliphatic heterocycles. The van der Waals surface area contributed by atoms with Gasteiger partial charge in [-0.25, -0.2) is 0 Å². The van der Waals surface area contributed by atoms with E-state index in [1.807, 2.05) is 14.1 Å². The van der Waals surface area contributed by atoms with Crippen LogP contribution in [-0.2, 0) is 6.54 Å². The third-order valence-electron chi connectivity index (χ3n) is 3.33. The first-order valence-electron chi connectivity index (χ1n) is 6.76. The molecule has 6 heteroatoms. The van der Waals surface area contributed by atoms with Crippen LogP contribution in [0.2, 0.25) is 0 Å². The molecule has 1 aromatic rings. The number of rotatable bonds is 7. The van der Waals surface area contributed by atoms with Crippen LogP contribution in [0.1, 0.15) is 19.4 Å². The number of anilines is 1. The smallest absolute Gasteiger partial charge is 0.292 e. The number of likely N-dealkylation sites (N-methyl/N-ethyl adjacent to an activating group) is 2. The van der Waals surface area contributed by atoms with Gasteiger partial charge in [-0.05, 0) is 39.2 Å². The van der Waals surface area contributed by atoms with Gasteiger partial charge in [-0.15, -0.1) is 0 Å². The van der Waals surface area contributed by atoms with Crippen molar-refractivity contribution in [2.24, 2.45) is 0 Å². The van der Waals surface area contributed by atoms with E-state index >= 15 is 0 Å². The number of nitrogens with two attached hydrogens (primary N) is 1. The summed E-state index contributed by atoms with van der Waals surface area (Å²) in [6.07, 6.45) is 0. The standard InChI is InChI=1S/C14H24N4O2/c1-5-17(11(2)9-16(3)4)10-12-6-7-14(18(19)20)13(15)8-12/h6-8,11H,5,9-10,15H2,1-4H3. The van der Waals surface area contributed by atoms with Gasteiger partial charge in [-0.3, -0.25) is 15.0 Å². The number of hydrogen-bond acceptors (Lipinski definition) is 5. The summed E-state index contributed by atoms with van der Waals surface area (Å²) in [6, 6.07) is 5.36. The van der Waals surface area contributed by atoms with Crippen molar-refractivity contribution in [3.8, 4) is 0 Å². The number of nitro benzene ring substituents is 1. The van der Waals surface area contributed by atoms with Crippen LogP contribution in [0.5, 0.6) is 0 Å². The first kappa shape index (κ1) is 16.4. The van der Waals surface area contributed by atoms with E-state index in [9.17, 15) is 10.1 Å². The van der Waals surface area contributed by atoms with Crippen LogP contribution in [-0.4, -0.2) is 47.9 Å². The largest absolute Gasteiger partial charge is 0.393 e. The summed E-state index contributed by atoms with van der Waals surface area (Å²) in [4.78, 5) is 14.8. The van der Waals surface area contributed by atoms with Gasteiger partial charge >= 0.3 is 0 Å². The molecule has 6 nitrogen and oxygen atoms in total.